The first-order chi connectivity index (χ1) is 8.01. The summed E-state index contributed by atoms with van der Waals surface area (Å²) in [6.45, 7) is 9.32. The van der Waals surface area contributed by atoms with Crippen LogP contribution in [0.2, 0.25) is 0 Å². The van der Waals surface area contributed by atoms with Crippen LogP contribution in [-0.2, 0) is 0 Å². The number of likely N-dealkylation sites (tertiary alicyclic amines) is 1. The lowest BCUT2D eigenvalue weighted by molar-refractivity contribution is 0.106. The highest BCUT2D eigenvalue weighted by Crippen LogP contribution is 2.38. The van der Waals surface area contributed by atoms with E-state index in [9.17, 15) is 0 Å². The summed E-state index contributed by atoms with van der Waals surface area (Å²) in [5, 5.41) is 0. The molecule has 1 aliphatic carbocycles. The summed E-state index contributed by atoms with van der Waals surface area (Å²) in [5.74, 6) is 0.734. The molecule has 1 aliphatic heterocycles. The molecule has 0 amide bonds. The van der Waals surface area contributed by atoms with Crippen molar-refractivity contribution in [2.24, 2.45) is 17.1 Å². The molecule has 2 N–H and O–H groups in total. The van der Waals surface area contributed by atoms with Crippen LogP contribution in [0, 0.1) is 11.3 Å². The van der Waals surface area contributed by atoms with Crippen LogP contribution < -0.4 is 5.73 Å². The molecule has 2 aliphatic rings. The Labute approximate surface area is 107 Å². The Morgan fingerprint density at radius 3 is 2.35 bits per heavy atom. The van der Waals surface area contributed by atoms with Crippen LogP contribution >= 0.6 is 0 Å². The van der Waals surface area contributed by atoms with Crippen molar-refractivity contribution in [1.29, 1.82) is 0 Å². The lowest BCUT2D eigenvalue weighted by Gasteiger charge is -2.38. The molecule has 1 heterocycles. The van der Waals surface area contributed by atoms with Gasteiger partial charge in [0.05, 0.1) is 0 Å². The predicted molar refractivity (Wildman–Crippen MR) is 74.0 cm³/mol. The first-order valence-electron chi connectivity index (χ1n) is 7.47. The van der Waals surface area contributed by atoms with Crippen LogP contribution in [0.5, 0.6) is 0 Å². The van der Waals surface area contributed by atoms with E-state index in [-0.39, 0.29) is 0 Å². The maximum absolute atomic E-state index is 6.04. The quantitative estimate of drug-likeness (QED) is 0.819. The Morgan fingerprint density at radius 1 is 1.12 bits per heavy atom. The van der Waals surface area contributed by atoms with Crippen molar-refractivity contribution in [3.05, 3.63) is 0 Å². The largest absolute Gasteiger partial charge is 0.330 e. The van der Waals surface area contributed by atoms with Crippen molar-refractivity contribution in [3.63, 3.8) is 0 Å². The maximum atomic E-state index is 6.04. The second kappa shape index (κ2) is 5.27. The predicted octanol–water partition coefficient (Wildman–Crippen LogP) is 3.01. The number of rotatable bonds is 3. The molecule has 0 spiro atoms. The van der Waals surface area contributed by atoms with Gasteiger partial charge in [-0.2, -0.15) is 0 Å². The van der Waals surface area contributed by atoms with E-state index in [1.165, 1.54) is 45.1 Å². The summed E-state index contributed by atoms with van der Waals surface area (Å²) in [6, 6.07) is 1.64. The van der Waals surface area contributed by atoms with Gasteiger partial charge >= 0.3 is 0 Å². The van der Waals surface area contributed by atoms with E-state index >= 15 is 0 Å². The zero-order valence-electron chi connectivity index (χ0n) is 11.9. The van der Waals surface area contributed by atoms with Gasteiger partial charge in [-0.25, -0.2) is 0 Å². The molecule has 100 valence electrons. The van der Waals surface area contributed by atoms with Gasteiger partial charge in [-0.3, -0.25) is 4.90 Å². The minimum Gasteiger partial charge on any atom is -0.330 e. The third kappa shape index (κ3) is 3.69. The smallest absolute Gasteiger partial charge is 0.0143 e. The zero-order chi connectivity index (χ0) is 12.5. The number of hydrogen-bond donors (Lipinski definition) is 1. The van der Waals surface area contributed by atoms with E-state index in [0.29, 0.717) is 5.41 Å². The highest BCUT2D eigenvalue weighted by Gasteiger charge is 2.39. The molecule has 2 heteroatoms. The van der Waals surface area contributed by atoms with Gasteiger partial charge in [0.2, 0.25) is 0 Å². The monoisotopic (exact) mass is 238 g/mol. The van der Waals surface area contributed by atoms with Gasteiger partial charge < -0.3 is 5.73 Å². The maximum Gasteiger partial charge on any atom is 0.0143 e. The van der Waals surface area contributed by atoms with Gasteiger partial charge in [-0.15, -0.1) is 0 Å². The number of nitrogens with zero attached hydrogens (tertiary/aromatic N) is 1. The highest BCUT2D eigenvalue weighted by molar-refractivity contribution is 4.94. The zero-order valence-corrected chi connectivity index (χ0v) is 11.9. The van der Waals surface area contributed by atoms with Crippen LogP contribution in [0.4, 0.5) is 0 Å². The van der Waals surface area contributed by atoms with Crippen LogP contribution in [0.1, 0.15) is 59.3 Å². The molecule has 2 nitrogen and oxygen atoms in total. The van der Waals surface area contributed by atoms with Crippen molar-refractivity contribution < 1.29 is 0 Å². The SMILES string of the molecule is CC(C)(C)C[C@@H]1[C@@H](CN)CCCCN1C1CC1. The first kappa shape index (κ1) is 13.4. The van der Waals surface area contributed by atoms with Crippen LogP contribution in [-0.4, -0.2) is 30.1 Å². The molecule has 17 heavy (non-hydrogen) atoms. The molecule has 0 radical (unpaired) electrons. The highest BCUT2D eigenvalue weighted by atomic mass is 15.2. The fourth-order valence-electron chi connectivity index (χ4n) is 3.38. The molecule has 2 rings (SSSR count). The Balaban J connectivity index is 2.09. The van der Waals surface area contributed by atoms with Crippen molar-refractivity contribution in [3.8, 4) is 0 Å². The molecule has 0 aromatic heterocycles. The molecule has 0 aromatic carbocycles. The normalized spacial score (nSPS) is 32.5. The molecule has 2 atom stereocenters. The van der Waals surface area contributed by atoms with Gasteiger partial charge in [0.1, 0.15) is 0 Å². The van der Waals surface area contributed by atoms with E-state index in [0.717, 1.165) is 24.5 Å². The summed E-state index contributed by atoms with van der Waals surface area (Å²) < 4.78 is 0. The molecule has 2 fully saturated rings. The standard InChI is InChI=1S/C15H30N2/c1-15(2,3)10-14-12(11-16)6-4-5-9-17(14)13-7-8-13/h12-14H,4-11,16H2,1-3H3/t12-,14-/m1/s1. The number of nitrogens with two attached hydrogens (primary N) is 1. The molecule has 0 bridgehead atoms. The third-order valence-electron chi connectivity index (χ3n) is 4.35. The minimum absolute atomic E-state index is 0.426. The topological polar surface area (TPSA) is 29.3 Å². The minimum atomic E-state index is 0.426. The summed E-state index contributed by atoms with van der Waals surface area (Å²) in [5.41, 5.74) is 6.46. The Kier molecular flexibility index (Phi) is 4.14. The third-order valence-corrected chi connectivity index (χ3v) is 4.35. The Bertz CT molecular complexity index is 240. The van der Waals surface area contributed by atoms with Gasteiger partial charge in [0.15, 0.2) is 0 Å². The Hall–Kier alpha value is -0.0800. The van der Waals surface area contributed by atoms with Gasteiger partial charge in [0, 0.05) is 12.1 Å². The van der Waals surface area contributed by atoms with E-state index < -0.39 is 0 Å². The summed E-state index contributed by atoms with van der Waals surface area (Å²) in [6.07, 6.45) is 8.28. The lowest BCUT2D eigenvalue weighted by atomic mass is 9.81. The fraction of sp³-hybridized carbons (Fsp3) is 1.00. The molecular weight excluding hydrogens is 208 g/mol. The summed E-state index contributed by atoms with van der Waals surface area (Å²) in [7, 11) is 0. The van der Waals surface area contributed by atoms with E-state index in [2.05, 4.69) is 25.7 Å². The van der Waals surface area contributed by atoms with E-state index in [4.69, 9.17) is 5.73 Å². The summed E-state index contributed by atoms with van der Waals surface area (Å²) in [4.78, 5) is 2.82. The molecule has 0 aromatic rings. The molecule has 0 unspecified atom stereocenters. The second-order valence-corrected chi connectivity index (χ2v) is 7.29. The van der Waals surface area contributed by atoms with Crippen LogP contribution in [0.25, 0.3) is 0 Å². The average molecular weight is 238 g/mol. The fourth-order valence-corrected chi connectivity index (χ4v) is 3.38. The van der Waals surface area contributed by atoms with Crippen molar-refractivity contribution in [2.45, 2.75) is 71.4 Å². The van der Waals surface area contributed by atoms with Gasteiger partial charge in [-0.05, 0) is 56.5 Å². The second-order valence-electron chi connectivity index (χ2n) is 7.29. The molecular formula is C15H30N2. The van der Waals surface area contributed by atoms with Crippen LogP contribution in [0.3, 0.4) is 0 Å². The number of hydrogen-bond acceptors (Lipinski definition) is 2. The van der Waals surface area contributed by atoms with E-state index in [1.54, 1.807) is 0 Å². The Morgan fingerprint density at radius 2 is 1.82 bits per heavy atom. The first-order valence-corrected chi connectivity index (χ1v) is 7.47. The van der Waals surface area contributed by atoms with Crippen molar-refractivity contribution in [2.75, 3.05) is 13.1 Å². The van der Waals surface area contributed by atoms with E-state index in [1.807, 2.05) is 0 Å². The van der Waals surface area contributed by atoms with Gasteiger partial charge in [0.25, 0.3) is 0 Å². The van der Waals surface area contributed by atoms with Crippen molar-refractivity contribution in [1.82, 2.24) is 4.90 Å². The average Bonchev–Trinajstić information content (AvgIpc) is 3.01. The lowest BCUT2D eigenvalue weighted by Crippen LogP contribution is -2.45. The summed E-state index contributed by atoms with van der Waals surface area (Å²) >= 11 is 0. The molecule has 1 saturated heterocycles. The van der Waals surface area contributed by atoms with Gasteiger partial charge in [-0.1, -0.05) is 27.2 Å². The molecule has 1 saturated carbocycles. The van der Waals surface area contributed by atoms with Crippen molar-refractivity contribution >= 4 is 0 Å². The van der Waals surface area contributed by atoms with Crippen LogP contribution in [0.15, 0.2) is 0 Å².